The molecule has 0 spiro atoms. The predicted molar refractivity (Wildman–Crippen MR) is 65.1 cm³/mol. The van der Waals surface area contributed by atoms with E-state index in [1.54, 1.807) is 0 Å². The number of aromatic nitrogens is 1. The summed E-state index contributed by atoms with van der Waals surface area (Å²) in [6, 6.07) is 2.18. The van der Waals surface area contributed by atoms with E-state index in [9.17, 15) is 13.6 Å². The molecular formula is C11H13BrF2N2O2. The maximum absolute atomic E-state index is 14.0. The van der Waals surface area contributed by atoms with Gasteiger partial charge >= 0.3 is 5.92 Å². The van der Waals surface area contributed by atoms with E-state index in [0.717, 1.165) is 4.90 Å². The first-order valence-electron chi connectivity index (χ1n) is 5.19. The van der Waals surface area contributed by atoms with Crippen molar-refractivity contribution in [2.45, 2.75) is 18.9 Å². The Hall–Kier alpha value is -1.08. The normalized spacial score (nSPS) is 13.2. The smallest absolute Gasteiger partial charge is 0.367 e. The zero-order chi connectivity index (χ0) is 13.9. The molecule has 100 valence electrons. The summed E-state index contributed by atoms with van der Waals surface area (Å²) in [4.78, 5) is 16.1. The number of halogens is 3. The van der Waals surface area contributed by atoms with Crippen molar-refractivity contribution in [2.75, 3.05) is 13.7 Å². The molecule has 0 saturated heterocycles. The first kappa shape index (κ1) is 15.0. The van der Waals surface area contributed by atoms with Crippen LogP contribution in [-0.2, 0) is 10.7 Å². The van der Waals surface area contributed by atoms with Crippen molar-refractivity contribution in [3.05, 3.63) is 28.5 Å². The molecule has 0 aromatic carbocycles. The Morgan fingerprint density at radius 2 is 2.28 bits per heavy atom. The molecule has 1 aromatic rings. The first-order chi connectivity index (χ1) is 8.32. The lowest BCUT2D eigenvalue weighted by molar-refractivity contribution is -0.161. The highest BCUT2D eigenvalue weighted by Crippen LogP contribution is 2.33. The quantitative estimate of drug-likeness (QED) is 0.919. The molecule has 0 saturated carbocycles. The van der Waals surface area contributed by atoms with Crippen LogP contribution >= 0.6 is 15.9 Å². The number of likely N-dealkylation sites (N-methyl/N-ethyl adjacent to an activating group) is 1. The third-order valence-electron chi connectivity index (χ3n) is 2.57. The number of nitrogens with zero attached hydrogens (tertiary/aromatic N) is 2. The molecule has 7 heteroatoms. The topological polar surface area (TPSA) is 53.4 Å². The van der Waals surface area contributed by atoms with E-state index in [1.807, 2.05) is 0 Å². The van der Waals surface area contributed by atoms with Crippen LogP contribution in [0.2, 0.25) is 0 Å². The van der Waals surface area contributed by atoms with Crippen LogP contribution < -0.4 is 0 Å². The summed E-state index contributed by atoms with van der Waals surface area (Å²) < 4.78 is 28.0. The number of carbonyl (C=O) groups excluding carboxylic acids is 1. The van der Waals surface area contributed by atoms with E-state index < -0.39 is 23.6 Å². The Morgan fingerprint density at radius 3 is 2.78 bits per heavy atom. The molecule has 0 fully saturated rings. The van der Waals surface area contributed by atoms with Crippen LogP contribution in [0.25, 0.3) is 0 Å². The Kier molecular flexibility index (Phi) is 4.75. The average molecular weight is 323 g/mol. The van der Waals surface area contributed by atoms with Gasteiger partial charge in [-0.2, -0.15) is 8.78 Å². The summed E-state index contributed by atoms with van der Waals surface area (Å²) >= 11 is 2.94. The van der Waals surface area contributed by atoms with E-state index in [0.29, 0.717) is 0 Å². The molecule has 4 nitrogen and oxygen atoms in total. The molecule has 1 heterocycles. The third-order valence-corrected chi connectivity index (χ3v) is 3.21. The molecule has 0 aliphatic rings. The zero-order valence-electron chi connectivity index (χ0n) is 9.90. The molecule has 1 atom stereocenters. The number of alkyl halides is 2. The van der Waals surface area contributed by atoms with Crippen molar-refractivity contribution >= 4 is 21.8 Å². The highest BCUT2D eigenvalue weighted by molar-refractivity contribution is 9.10. The first-order valence-corrected chi connectivity index (χ1v) is 5.98. The maximum atomic E-state index is 14.0. The maximum Gasteiger partial charge on any atom is 0.367 e. The van der Waals surface area contributed by atoms with Gasteiger partial charge in [0, 0.05) is 17.7 Å². The molecular weight excluding hydrogens is 310 g/mol. The van der Waals surface area contributed by atoms with Crippen LogP contribution in [0.15, 0.2) is 22.8 Å². The summed E-state index contributed by atoms with van der Waals surface area (Å²) in [7, 11) is 1.22. The van der Waals surface area contributed by atoms with E-state index >= 15 is 0 Å². The average Bonchev–Trinajstić information content (AvgIpc) is 2.36. The Balaban J connectivity index is 3.07. The zero-order valence-corrected chi connectivity index (χ0v) is 11.5. The van der Waals surface area contributed by atoms with Gasteiger partial charge in [0.05, 0.1) is 12.6 Å². The van der Waals surface area contributed by atoms with Crippen molar-refractivity contribution in [3.63, 3.8) is 0 Å². The van der Waals surface area contributed by atoms with Gasteiger partial charge in [0.2, 0.25) is 0 Å². The van der Waals surface area contributed by atoms with Crippen LogP contribution in [0.3, 0.4) is 0 Å². The second kappa shape index (κ2) is 5.71. The molecule has 1 N–H and O–H groups in total. The summed E-state index contributed by atoms with van der Waals surface area (Å²) in [6.45, 7) is 1.09. The van der Waals surface area contributed by atoms with Gasteiger partial charge in [-0.05, 0) is 35.0 Å². The lowest BCUT2D eigenvalue weighted by atomic mass is 10.1. The second-order valence-corrected chi connectivity index (χ2v) is 4.71. The lowest BCUT2D eigenvalue weighted by Gasteiger charge is -2.27. The summed E-state index contributed by atoms with van der Waals surface area (Å²) in [5, 5.41) is 8.88. The highest BCUT2D eigenvalue weighted by Gasteiger charge is 2.46. The summed E-state index contributed by atoms with van der Waals surface area (Å²) in [6.07, 6.45) is 1.19. The van der Waals surface area contributed by atoms with Crippen molar-refractivity contribution in [1.82, 2.24) is 9.88 Å². The number of rotatable bonds is 4. The molecule has 0 bridgehead atoms. The molecule has 1 rings (SSSR count). The van der Waals surface area contributed by atoms with E-state index in [4.69, 9.17) is 5.11 Å². The molecule has 0 aliphatic carbocycles. The number of hydrogen-bond donors (Lipinski definition) is 1. The van der Waals surface area contributed by atoms with Crippen molar-refractivity contribution in [2.24, 2.45) is 0 Å². The number of pyridine rings is 1. The minimum Gasteiger partial charge on any atom is -0.394 e. The Labute approximate surface area is 112 Å². The van der Waals surface area contributed by atoms with Crippen LogP contribution in [0, 0.1) is 0 Å². The summed E-state index contributed by atoms with van der Waals surface area (Å²) in [5.74, 6) is -5.14. The fourth-order valence-corrected chi connectivity index (χ4v) is 1.77. The fourth-order valence-electron chi connectivity index (χ4n) is 1.26. The van der Waals surface area contributed by atoms with Crippen LogP contribution in [0.1, 0.15) is 12.6 Å². The van der Waals surface area contributed by atoms with Gasteiger partial charge in [-0.15, -0.1) is 0 Å². The number of carbonyl (C=O) groups is 1. The van der Waals surface area contributed by atoms with Gasteiger partial charge in [0.15, 0.2) is 0 Å². The van der Waals surface area contributed by atoms with Gasteiger partial charge in [-0.1, -0.05) is 0 Å². The molecule has 1 aromatic heterocycles. The molecule has 0 aliphatic heterocycles. The van der Waals surface area contributed by atoms with Crippen LogP contribution in [0.5, 0.6) is 0 Å². The van der Waals surface area contributed by atoms with Crippen LogP contribution in [0.4, 0.5) is 8.78 Å². The highest BCUT2D eigenvalue weighted by atomic mass is 79.9. The Bertz CT molecular complexity index is 443. The fraction of sp³-hybridized carbons (Fsp3) is 0.455. The third kappa shape index (κ3) is 2.84. The number of amides is 1. The largest absolute Gasteiger partial charge is 0.394 e. The van der Waals surface area contributed by atoms with E-state index in [1.165, 1.54) is 32.3 Å². The van der Waals surface area contributed by atoms with Gasteiger partial charge in [0.25, 0.3) is 5.91 Å². The number of hydrogen-bond acceptors (Lipinski definition) is 3. The van der Waals surface area contributed by atoms with E-state index in [-0.39, 0.29) is 11.1 Å². The van der Waals surface area contributed by atoms with Crippen molar-refractivity contribution in [3.8, 4) is 0 Å². The molecule has 0 unspecified atom stereocenters. The molecule has 1 amide bonds. The number of aliphatic hydroxyl groups excluding tert-OH is 1. The summed E-state index contributed by atoms with van der Waals surface area (Å²) in [5.41, 5.74) is -0.632. The predicted octanol–water partition coefficient (Wildman–Crippen LogP) is 1.78. The minimum absolute atomic E-state index is 0.0633. The minimum atomic E-state index is -3.74. The molecule has 0 radical (unpaired) electrons. The second-order valence-electron chi connectivity index (χ2n) is 3.86. The van der Waals surface area contributed by atoms with Crippen LogP contribution in [-0.4, -0.2) is 40.6 Å². The standard InChI is InChI=1S/C11H13BrF2N2O2/c1-7(6-17)16(2)10(18)11(13,14)9-8(12)4-3-5-15-9/h3-5,7,17H,6H2,1-2H3/t7-/m1/s1. The Morgan fingerprint density at radius 1 is 1.67 bits per heavy atom. The monoisotopic (exact) mass is 322 g/mol. The van der Waals surface area contributed by atoms with E-state index in [2.05, 4.69) is 20.9 Å². The lowest BCUT2D eigenvalue weighted by Crippen LogP contribution is -2.45. The molecule has 18 heavy (non-hydrogen) atoms. The van der Waals surface area contributed by atoms with Gasteiger partial charge in [-0.25, -0.2) is 0 Å². The SMILES string of the molecule is C[C@H](CO)N(C)C(=O)C(F)(F)c1ncccc1Br. The number of aliphatic hydroxyl groups is 1. The van der Waals surface area contributed by atoms with Gasteiger partial charge < -0.3 is 10.0 Å². The van der Waals surface area contributed by atoms with Crippen molar-refractivity contribution in [1.29, 1.82) is 0 Å². The van der Waals surface area contributed by atoms with Gasteiger partial charge in [0.1, 0.15) is 5.69 Å². The van der Waals surface area contributed by atoms with Gasteiger partial charge in [-0.3, -0.25) is 9.78 Å². The van der Waals surface area contributed by atoms with Crippen molar-refractivity contribution < 1.29 is 18.7 Å².